The van der Waals surface area contributed by atoms with E-state index in [-0.39, 0.29) is 0 Å². The summed E-state index contributed by atoms with van der Waals surface area (Å²) >= 11 is 0. The van der Waals surface area contributed by atoms with Crippen molar-refractivity contribution < 1.29 is 0 Å². The first kappa shape index (κ1) is 12.0. The average Bonchev–Trinajstić information content (AvgIpc) is 2.40. The first-order valence-electron chi connectivity index (χ1n) is 5.44. The van der Waals surface area contributed by atoms with Crippen molar-refractivity contribution in [2.75, 3.05) is 13.1 Å². The Kier molecular flexibility index (Phi) is 6.45. The Morgan fingerprint density at radius 1 is 1.33 bits per heavy atom. The Bertz CT molecular complexity index is 99.2. The molecule has 0 bridgehead atoms. The molecule has 74 valence electrons. The third-order valence-corrected chi connectivity index (χ3v) is 2.29. The summed E-state index contributed by atoms with van der Waals surface area (Å²) in [5.74, 6) is 0.834. The van der Waals surface area contributed by atoms with Crippen LogP contribution in [0.25, 0.3) is 0 Å². The smallest absolute Gasteiger partial charge is 0.00675 e. The van der Waals surface area contributed by atoms with Crippen LogP contribution in [0, 0.1) is 5.92 Å². The van der Waals surface area contributed by atoms with Gasteiger partial charge in [-0.2, -0.15) is 0 Å². The summed E-state index contributed by atoms with van der Waals surface area (Å²) in [6, 6.07) is 0.849. The molecule has 0 aromatic carbocycles. The molecule has 1 aliphatic heterocycles. The Labute approximate surface area is 78.1 Å². The molecular formula is C11H25N. The van der Waals surface area contributed by atoms with Crippen LogP contribution in [0.2, 0.25) is 0 Å². The highest BCUT2D eigenvalue weighted by Crippen LogP contribution is 2.17. The predicted octanol–water partition coefficient (Wildman–Crippen LogP) is 3.15. The van der Waals surface area contributed by atoms with E-state index in [9.17, 15) is 0 Å². The van der Waals surface area contributed by atoms with E-state index in [1.807, 2.05) is 13.8 Å². The summed E-state index contributed by atoms with van der Waals surface area (Å²) in [5, 5.41) is 0. The van der Waals surface area contributed by atoms with Gasteiger partial charge in [-0.3, -0.25) is 0 Å². The molecule has 0 N–H and O–H groups in total. The quantitative estimate of drug-likeness (QED) is 0.617. The van der Waals surface area contributed by atoms with Crippen LogP contribution >= 0.6 is 0 Å². The maximum Gasteiger partial charge on any atom is 0.00675 e. The van der Waals surface area contributed by atoms with Gasteiger partial charge in [-0.1, -0.05) is 27.7 Å². The van der Waals surface area contributed by atoms with Crippen molar-refractivity contribution >= 4 is 0 Å². The molecule has 1 rings (SSSR count). The fourth-order valence-electron chi connectivity index (χ4n) is 1.73. The van der Waals surface area contributed by atoms with E-state index in [4.69, 9.17) is 0 Å². The van der Waals surface area contributed by atoms with Crippen LogP contribution in [0.4, 0.5) is 0 Å². The highest BCUT2D eigenvalue weighted by molar-refractivity contribution is 4.75. The number of hydrogen-bond donors (Lipinski definition) is 0. The molecule has 1 aliphatic rings. The van der Waals surface area contributed by atoms with Crippen molar-refractivity contribution in [3.63, 3.8) is 0 Å². The third-order valence-electron chi connectivity index (χ3n) is 2.29. The van der Waals surface area contributed by atoms with Gasteiger partial charge in [-0.25, -0.2) is 0 Å². The Morgan fingerprint density at radius 2 is 1.92 bits per heavy atom. The van der Waals surface area contributed by atoms with Crippen molar-refractivity contribution in [2.45, 2.75) is 53.5 Å². The van der Waals surface area contributed by atoms with Gasteiger partial charge in [-0.05, 0) is 32.2 Å². The van der Waals surface area contributed by atoms with Gasteiger partial charge in [0.05, 0.1) is 0 Å². The van der Waals surface area contributed by atoms with E-state index in [1.54, 1.807) is 0 Å². The zero-order valence-electron chi connectivity index (χ0n) is 9.43. The van der Waals surface area contributed by atoms with E-state index < -0.39 is 0 Å². The van der Waals surface area contributed by atoms with Crippen LogP contribution in [0.5, 0.6) is 0 Å². The van der Waals surface area contributed by atoms with Gasteiger partial charge >= 0.3 is 0 Å². The minimum Gasteiger partial charge on any atom is -0.300 e. The molecule has 12 heavy (non-hydrogen) atoms. The number of nitrogens with zero attached hydrogens (tertiary/aromatic N) is 1. The lowest BCUT2D eigenvalue weighted by molar-refractivity contribution is 0.239. The number of likely N-dealkylation sites (tertiary alicyclic amines) is 1. The van der Waals surface area contributed by atoms with Crippen molar-refractivity contribution in [3.8, 4) is 0 Å². The molecule has 0 spiro atoms. The van der Waals surface area contributed by atoms with E-state index in [0.717, 1.165) is 12.0 Å². The molecule has 1 nitrogen and oxygen atoms in total. The van der Waals surface area contributed by atoms with Crippen molar-refractivity contribution in [2.24, 2.45) is 5.92 Å². The van der Waals surface area contributed by atoms with E-state index >= 15 is 0 Å². The fraction of sp³-hybridized carbons (Fsp3) is 1.00. The van der Waals surface area contributed by atoms with Crippen molar-refractivity contribution in [1.29, 1.82) is 0 Å². The topological polar surface area (TPSA) is 3.24 Å². The monoisotopic (exact) mass is 171 g/mol. The van der Waals surface area contributed by atoms with Crippen LogP contribution in [-0.2, 0) is 0 Å². The minimum absolute atomic E-state index is 0.834. The van der Waals surface area contributed by atoms with Gasteiger partial charge in [0, 0.05) is 12.6 Å². The lowest BCUT2D eigenvalue weighted by Gasteiger charge is -2.22. The summed E-state index contributed by atoms with van der Waals surface area (Å²) < 4.78 is 0. The van der Waals surface area contributed by atoms with E-state index in [2.05, 4.69) is 25.7 Å². The molecule has 0 radical (unpaired) electrons. The molecule has 1 unspecified atom stereocenters. The zero-order valence-corrected chi connectivity index (χ0v) is 9.43. The van der Waals surface area contributed by atoms with E-state index in [0.29, 0.717) is 0 Å². The molecule has 1 heterocycles. The Hall–Kier alpha value is -0.0400. The Balaban J connectivity index is 0.000000561. The highest BCUT2D eigenvalue weighted by atomic mass is 15.2. The number of rotatable bonds is 2. The largest absolute Gasteiger partial charge is 0.300 e. The second kappa shape index (κ2) is 6.47. The molecule has 1 heteroatoms. The lowest BCUT2D eigenvalue weighted by atomic mass is 10.2. The summed E-state index contributed by atoms with van der Waals surface area (Å²) in [7, 11) is 0. The minimum atomic E-state index is 0.834. The van der Waals surface area contributed by atoms with Crippen LogP contribution in [0.1, 0.15) is 47.5 Å². The SMILES string of the molecule is CC.CC(C)CN1CCCC1C. The molecule has 0 amide bonds. The van der Waals surface area contributed by atoms with Crippen LogP contribution in [-0.4, -0.2) is 24.0 Å². The fourth-order valence-corrected chi connectivity index (χ4v) is 1.73. The summed E-state index contributed by atoms with van der Waals surface area (Å²) in [4.78, 5) is 2.60. The van der Waals surface area contributed by atoms with Crippen molar-refractivity contribution in [1.82, 2.24) is 4.90 Å². The lowest BCUT2D eigenvalue weighted by Crippen LogP contribution is -2.30. The zero-order chi connectivity index (χ0) is 9.56. The second-order valence-corrected chi connectivity index (χ2v) is 3.88. The highest BCUT2D eigenvalue weighted by Gasteiger charge is 2.19. The Morgan fingerprint density at radius 3 is 2.25 bits per heavy atom. The molecule has 0 aromatic rings. The molecule has 0 aliphatic carbocycles. The number of hydrogen-bond acceptors (Lipinski definition) is 1. The first-order chi connectivity index (χ1) is 5.70. The summed E-state index contributed by atoms with van der Waals surface area (Å²) in [6.07, 6.45) is 2.82. The molecule has 1 atom stereocenters. The van der Waals surface area contributed by atoms with Crippen LogP contribution in [0.3, 0.4) is 0 Å². The first-order valence-corrected chi connectivity index (χ1v) is 5.44. The van der Waals surface area contributed by atoms with Crippen LogP contribution in [0.15, 0.2) is 0 Å². The second-order valence-electron chi connectivity index (χ2n) is 3.88. The standard InChI is InChI=1S/C9H19N.C2H6/c1-8(2)7-10-6-4-5-9(10)3;1-2/h8-9H,4-7H2,1-3H3;1-2H3. The van der Waals surface area contributed by atoms with Gasteiger partial charge < -0.3 is 4.90 Å². The van der Waals surface area contributed by atoms with Gasteiger partial charge in [0.25, 0.3) is 0 Å². The maximum atomic E-state index is 2.60. The molecule has 1 saturated heterocycles. The third kappa shape index (κ3) is 4.10. The molecule has 0 saturated carbocycles. The van der Waals surface area contributed by atoms with E-state index in [1.165, 1.54) is 25.9 Å². The van der Waals surface area contributed by atoms with Gasteiger partial charge in [-0.15, -0.1) is 0 Å². The molecule has 1 fully saturated rings. The van der Waals surface area contributed by atoms with Crippen LogP contribution < -0.4 is 0 Å². The predicted molar refractivity (Wildman–Crippen MR) is 56.5 cm³/mol. The summed E-state index contributed by atoms with van der Waals surface area (Å²) in [6.45, 7) is 13.6. The molecule has 0 aromatic heterocycles. The average molecular weight is 171 g/mol. The molecular weight excluding hydrogens is 146 g/mol. The van der Waals surface area contributed by atoms with Gasteiger partial charge in [0.1, 0.15) is 0 Å². The normalized spacial score (nSPS) is 24.0. The van der Waals surface area contributed by atoms with Gasteiger partial charge in [0.15, 0.2) is 0 Å². The van der Waals surface area contributed by atoms with Crippen molar-refractivity contribution in [3.05, 3.63) is 0 Å². The maximum absolute atomic E-state index is 2.60. The van der Waals surface area contributed by atoms with Gasteiger partial charge in [0.2, 0.25) is 0 Å². The summed E-state index contributed by atoms with van der Waals surface area (Å²) in [5.41, 5.74) is 0.